The first-order valence-electron chi connectivity index (χ1n) is 12.1. The topological polar surface area (TPSA) is 90.0 Å². The molecule has 0 aliphatic rings. The highest BCUT2D eigenvalue weighted by atomic mass is 35.5. The Balaban J connectivity index is 1.73. The summed E-state index contributed by atoms with van der Waals surface area (Å²) >= 11 is 6.27. The summed E-state index contributed by atoms with van der Waals surface area (Å²) in [6.45, 7) is 3.60. The lowest BCUT2D eigenvalue weighted by atomic mass is 9.79. The lowest BCUT2D eigenvalue weighted by Gasteiger charge is -2.36. The number of nitrogens with one attached hydrogen (secondary N) is 1. The fourth-order valence-electron chi connectivity index (χ4n) is 5.28. The number of pyridine rings is 1. The van der Waals surface area contributed by atoms with Crippen molar-refractivity contribution < 1.29 is 4.79 Å². The third-order valence-electron chi connectivity index (χ3n) is 6.99. The van der Waals surface area contributed by atoms with Gasteiger partial charge in [-0.1, -0.05) is 54.1 Å². The minimum atomic E-state index is -1.05. The van der Waals surface area contributed by atoms with Crippen LogP contribution >= 0.6 is 11.6 Å². The van der Waals surface area contributed by atoms with Crippen molar-refractivity contribution in [3.63, 3.8) is 0 Å². The van der Waals surface area contributed by atoms with Crippen LogP contribution in [0, 0.1) is 6.92 Å². The number of imidazole rings is 1. The van der Waals surface area contributed by atoms with Crippen molar-refractivity contribution in [3.05, 3.63) is 113 Å². The van der Waals surface area contributed by atoms with Crippen LogP contribution in [-0.2, 0) is 17.4 Å². The molecular weight excluding hydrogens is 498 g/mol. The van der Waals surface area contributed by atoms with Crippen molar-refractivity contribution in [1.29, 1.82) is 0 Å². The van der Waals surface area contributed by atoms with Crippen LogP contribution in [0.15, 0.2) is 85.3 Å². The Kier molecular flexibility index (Phi) is 5.69. The number of carbonyl (C=O) groups is 1. The fourth-order valence-corrected chi connectivity index (χ4v) is 5.41. The summed E-state index contributed by atoms with van der Waals surface area (Å²) in [5.74, 6) is -0.184. The molecule has 0 radical (unpaired) electrons. The number of nitrogens with zero attached hydrogens (tertiary/aromatic N) is 6. The van der Waals surface area contributed by atoms with Crippen molar-refractivity contribution in [2.24, 2.45) is 7.05 Å². The summed E-state index contributed by atoms with van der Waals surface area (Å²) in [7, 11) is 1.92. The zero-order valence-corrected chi connectivity index (χ0v) is 21.8. The molecule has 0 saturated carbocycles. The van der Waals surface area contributed by atoms with Crippen LogP contribution in [0.2, 0.25) is 5.02 Å². The van der Waals surface area contributed by atoms with E-state index in [9.17, 15) is 4.79 Å². The Morgan fingerprint density at radius 3 is 2.45 bits per heavy atom. The summed E-state index contributed by atoms with van der Waals surface area (Å²) in [4.78, 5) is 17.2. The zero-order chi connectivity index (χ0) is 26.4. The van der Waals surface area contributed by atoms with Crippen LogP contribution < -0.4 is 5.32 Å². The molecule has 0 bridgehead atoms. The number of hydrogen-bond acceptors (Lipinski definition) is 5. The molecular formula is C29H24ClN7O. The Bertz CT molecular complexity index is 1820. The van der Waals surface area contributed by atoms with Gasteiger partial charge >= 0.3 is 0 Å². The maximum Gasteiger partial charge on any atom is 0.218 e. The first kappa shape index (κ1) is 23.8. The Morgan fingerprint density at radius 1 is 0.974 bits per heavy atom. The predicted octanol–water partition coefficient (Wildman–Crippen LogP) is 5.07. The zero-order valence-electron chi connectivity index (χ0n) is 21.1. The van der Waals surface area contributed by atoms with Gasteiger partial charge in [-0.05, 0) is 75.5 Å². The van der Waals surface area contributed by atoms with Gasteiger partial charge in [0.1, 0.15) is 5.54 Å². The van der Waals surface area contributed by atoms with Crippen LogP contribution in [0.25, 0.3) is 27.7 Å². The number of hydrogen-bond donors (Lipinski definition) is 1. The second-order valence-electron chi connectivity index (χ2n) is 9.38. The van der Waals surface area contributed by atoms with Gasteiger partial charge < -0.3 is 9.88 Å². The third-order valence-corrected chi connectivity index (χ3v) is 7.24. The molecule has 3 aromatic carbocycles. The van der Waals surface area contributed by atoms with Crippen molar-refractivity contribution >= 4 is 34.1 Å². The van der Waals surface area contributed by atoms with Gasteiger partial charge in [-0.3, -0.25) is 4.79 Å². The SMILES string of the molecule is CC(=O)NC(c1ccc(Cl)cc1)(c1ccc2c(c1)c(-c1ccccc1C)cc1nnnn12)c1cncn1C. The van der Waals surface area contributed by atoms with Crippen molar-refractivity contribution in [2.45, 2.75) is 19.4 Å². The maximum absolute atomic E-state index is 12.8. The van der Waals surface area contributed by atoms with E-state index in [1.165, 1.54) is 6.92 Å². The lowest BCUT2D eigenvalue weighted by Crippen LogP contribution is -2.48. The molecule has 0 aliphatic carbocycles. The highest BCUT2D eigenvalue weighted by Crippen LogP contribution is 2.40. The smallest absolute Gasteiger partial charge is 0.218 e. The molecule has 188 valence electrons. The molecule has 1 amide bonds. The molecule has 1 atom stereocenters. The van der Waals surface area contributed by atoms with E-state index in [2.05, 4.69) is 50.9 Å². The highest BCUT2D eigenvalue weighted by Gasteiger charge is 2.40. The van der Waals surface area contributed by atoms with E-state index in [1.807, 2.05) is 66.2 Å². The normalized spacial score (nSPS) is 13.1. The molecule has 1 unspecified atom stereocenters. The van der Waals surface area contributed by atoms with E-state index >= 15 is 0 Å². The van der Waals surface area contributed by atoms with E-state index < -0.39 is 5.54 Å². The second-order valence-corrected chi connectivity index (χ2v) is 9.82. The van der Waals surface area contributed by atoms with Gasteiger partial charge in [0.15, 0.2) is 5.65 Å². The van der Waals surface area contributed by atoms with E-state index in [-0.39, 0.29) is 5.91 Å². The number of tetrazole rings is 1. The minimum Gasteiger partial charge on any atom is -0.337 e. The molecule has 0 fully saturated rings. The molecule has 9 heteroatoms. The van der Waals surface area contributed by atoms with Gasteiger partial charge in [0, 0.05) is 24.4 Å². The van der Waals surface area contributed by atoms with Crippen LogP contribution in [0.5, 0.6) is 0 Å². The second kappa shape index (κ2) is 9.08. The number of halogens is 1. The Hall–Kier alpha value is -4.56. The summed E-state index contributed by atoms with van der Waals surface area (Å²) in [6, 6.07) is 23.9. The summed E-state index contributed by atoms with van der Waals surface area (Å²) in [5.41, 5.74) is 6.18. The van der Waals surface area contributed by atoms with Crippen LogP contribution in [0.4, 0.5) is 0 Å². The average Bonchev–Trinajstić information content (AvgIpc) is 3.56. The molecule has 6 rings (SSSR count). The first-order chi connectivity index (χ1) is 18.4. The molecule has 0 aliphatic heterocycles. The molecule has 3 heterocycles. The number of fused-ring (bicyclic) bond motifs is 3. The number of amides is 1. The van der Waals surface area contributed by atoms with Crippen molar-refractivity contribution in [2.75, 3.05) is 0 Å². The highest BCUT2D eigenvalue weighted by molar-refractivity contribution is 6.30. The van der Waals surface area contributed by atoms with E-state index in [0.717, 1.165) is 44.4 Å². The third kappa shape index (κ3) is 3.72. The first-order valence-corrected chi connectivity index (χ1v) is 12.5. The summed E-state index contributed by atoms with van der Waals surface area (Å²) < 4.78 is 3.65. The van der Waals surface area contributed by atoms with E-state index in [0.29, 0.717) is 10.7 Å². The van der Waals surface area contributed by atoms with Gasteiger partial charge in [-0.25, -0.2) is 4.98 Å². The molecule has 6 aromatic rings. The number of benzene rings is 3. The number of aryl methyl sites for hydroxylation is 2. The molecule has 0 spiro atoms. The van der Waals surface area contributed by atoms with Crippen molar-refractivity contribution in [3.8, 4) is 11.1 Å². The van der Waals surface area contributed by atoms with Gasteiger partial charge in [-0.15, -0.1) is 5.10 Å². The van der Waals surface area contributed by atoms with Crippen LogP contribution in [-0.4, -0.2) is 35.5 Å². The lowest BCUT2D eigenvalue weighted by molar-refractivity contribution is -0.120. The Morgan fingerprint density at radius 2 is 1.74 bits per heavy atom. The molecule has 1 N–H and O–H groups in total. The quantitative estimate of drug-likeness (QED) is 0.342. The molecule has 8 nitrogen and oxygen atoms in total. The minimum absolute atomic E-state index is 0.184. The molecule has 3 aromatic heterocycles. The predicted molar refractivity (Wildman–Crippen MR) is 147 cm³/mol. The molecule has 0 saturated heterocycles. The van der Waals surface area contributed by atoms with Gasteiger partial charge in [0.25, 0.3) is 0 Å². The summed E-state index contributed by atoms with van der Waals surface area (Å²) in [6.07, 6.45) is 3.51. The maximum atomic E-state index is 12.8. The fraction of sp³-hybridized carbons (Fsp3) is 0.138. The number of carbonyl (C=O) groups excluding carboxylic acids is 1. The summed E-state index contributed by atoms with van der Waals surface area (Å²) in [5, 5.41) is 17.2. The molecule has 38 heavy (non-hydrogen) atoms. The van der Waals surface area contributed by atoms with Crippen LogP contribution in [0.1, 0.15) is 29.3 Å². The average molecular weight is 522 g/mol. The number of rotatable bonds is 5. The van der Waals surface area contributed by atoms with Gasteiger partial charge in [0.2, 0.25) is 5.91 Å². The Labute approximate surface area is 223 Å². The monoisotopic (exact) mass is 521 g/mol. The van der Waals surface area contributed by atoms with E-state index in [4.69, 9.17) is 11.6 Å². The van der Waals surface area contributed by atoms with Crippen LogP contribution in [0.3, 0.4) is 0 Å². The van der Waals surface area contributed by atoms with Crippen molar-refractivity contribution in [1.82, 2.24) is 34.9 Å². The largest absolute Gasteiger partial charge is 0.337 e. The standard InChI is InChI=1S/C29H24ClN7O/c1-18-6-4-5-7-23(18)24-15-28-33-34-35-37(28)26-13-10-21(14-25(24)26)29(32-19(2)38,27-16-31-17-36(27)3)20-8-11-22(30)12-9-20/h4-17H,1-3H3,(H,32,38). The van der Waals surface area contributed by atoms with Gasteiger partial charge in [0.05, 0.1) is 23.7 Å². The number of aromatic nitrogens is 6. The van der Waals surface area contributed by atoms with E-state index in [1.54, 1.807) is 17.0 Å². The van der Waals surface area contributed by atoms with Gasteiger partial charge in [-0.2, -0.15) is 4.52 Å².